The van der Waals surface area contributed by atoms with Gasteiger partial charge in [-0.15, -0.1) is 11.3 Å². The number of rotatable bonds is 2. The van der Waals surface area contributed by atoms with Crippen LogP contribution < -0.4 is 0 Å². The molecule has 0 bridgehead atoms. The number of thiophene rings is 1. The van der Waals surface area contributed by atoms with Gasteiger partial charge < -0.3 is 0 Å². The fraction of sp³-hybridized carbons (Fsp3) is 0.357. The summed E-state index contributed by atoms with van der Waals surface area (Å²) in [5.41, 5.74) is 0.920. The summed E-state index contributed by atoms with van der Waals surface area (Å²) in [6.07, 6.45) is 0.549. The van der Waals surface area contributed by atoms with E-state index in [0.29, 0.717) is 12.2 Å². The maximum Gasteiger partial charge on any atom is 0.142 e. The Morgan fingerprint density at radius 2 is 1.94 bits per heavy atom. The van der Waals surface area contributed by atoms with Gasteiger partial charge in [0.25, 0.3) is 0 Å². The van der Waals surface area contributed by atoms with E-state index in [1.54, 1.807) is 11.3 Å². The summed E-state index contributed by atoms with van der Waals surface area (Å²) >= 11 is 1.71. The maximum atomic E-state index is 12.0. The molecule has 1 aromatic heterocycles. The number of carbonyl (C=O) groups excluding carboxylic acids is 1. The van der Waals surface area contributed by atoms with E-state index >= 15 is 0 Å². The van der Waals surface area contributed by atoms with Crippen molar-refractivity contribution in [3.05, 3.63) is 35.2 Å². The lowest BCUT2D eigenvalue weighted by molar-refractivity contribution is -0.125. The topological polar surface area (TPSA) is 17.1 Å². The summed E-state index contributed by atoms with van der Waals surface area (Å²) < 4.78 is 1.26. The Morgan fingerprint density at radius 1 is 1.25 bits per heavy atom. The average molecular weight is 232 g/mol. The van der Waals surface area contributed by atoms with Crippen molar-refractivity contribution in [1.29, 1.82) is 0 Å². The minimum atomic E-state index is -0.247. The van der Waals surface area contributed by atoms with Crippen molar-refractivity contribution in [3.63, 3.8) is 0 Å². The van der Waals surface area contributed by atoms with Gasteiger partial charge >= 0.3 is 0 Å². The predicted octanol–water partition coefficient (Wildman–Crippen LogP) is 4.06. The molecule has 0 saturated heterocycles. The molecule has 0 spiro atoms. The van der Waals surface area contributed by atoms with E-state index in [1.165, 1.54) is 15.6 Å². The van der Waals surface area contributed by atoms with E-state index in [4.69, 9.17) is 0 Å². The molecule has 1 aromatic carbocycles. The molecule has 84 valence electrons. The van der Waals surface area contributed by atoms with Gasteiger partial charge in [-0.05, 0) is 22.4 Å². The zero-order valence-corrected chi connectivity index (χ0v) is 10.7. The third-order valence-electron chi connectivity index (χ3n) is 2.75. The standard InChI is InChI=1S/C14H16OS/c1-14(2,3)13(15)8-10-9-16-12-7-5-4-6-11(10)12/h4-7,9H,8H2,1-3H3. The molecule has 16 heavy (non-hydrogen) atoms. The fourth-order valence-corrected chi connectivity index (χ4v) is 2.57. The highest BCUT2D eigenvalue weighted by Crippen LogP contribution is 2.28. The van der Waals surface area contributed by atoms with Crippen LogP contribution in [0.1, 0.15) is 26.3 Å². The van der Waals surface area contributed by atoms with Gasteiger partial charge in [0.2, 0.25) is 0 Å². The average Bonchev–Trinajstić information content (AvgIpc) is 2.61. The predicted molar refractivity (Wildman–Crippen MR) is 70.0 cm³/mol. The smallest absolute Gasteiger partial charge is 0.142 e. The van der Waals surface area contributed by atoms with Crippen LogP contribution in [0.2, 0.25) is 0 Å². The van der Waals surface area contributed by atoms with Crippen LogP contribution in [0, 0.1) is 5.41 Å². The van der Waals surface area contributed by atoms with E-state index in [0.717, 1.165) is 0 Å². The Balaban J connectivity index is 2.32. The molecule has 0 aliphatic heterocycles. The van der Waals surface area contributed by atoms with Crippen LogP contribution in [0.25, 0.3) is 10.1 Å². The van der Waals surface area contributed by atoms with Crippen LogP contribution in [-0.4, -0.2) is 5.78 Å². The highest BCUT2D eigenvalue weighted by molar-refractivity contribution is 7.17. The molecule has 0 fully saturated rings. The first-order chi connectivity index (χ1) is 7.48. The number of Topliss-reactive ketones (excluding diaryl/α,β-unsaturated/α-hetero) is 1. The number of carbonyl (C=O) groups is 1. The number of ketones is 1. The third-order valence-corrected chi connectivity index (χ3v) is 3.76. The number of hydrogen-bond donors (Lipinski definition) is 0. The maximum absolute atomic E-state index is 12.0. The second-order valence-corrected chi connectivity index (χ2v) is 6.02. The minimum Gasteiger partial charge on any atom is -0.299 e. The van der Waals surface area contributed by atoms with Crippen LogP contribution in [0.4, 0.5) is 0 Å². The Hall–Kier alpha value is -1.15. The Morgan fingerprint density at radius 3 is 2.62 bits per heavy atom. The quantitative estimate of drug-likeness (QED) is 0.763. The van der Waals surface area contributed by atoms with Gasteiger partial charge in [0.15, 0.2) is 0 Å². The normalized spacial score (nSPS) is 11.9. The zero-order valence-electron chi connectivity index (χ0n) is 9.91. The summed E-state index contributed by atoms with van der Waals surface area (Å²) in [5, 5.41) is 3.33. The van der Waals surface area contributed by atoms with E-state index in [1.807, 2.05) is 32.9 Å². The molecule has 0 aliphatic carbocycles. The van der Waals surface area contributed by atoms with Crippen LogP contribution in [-0.2, 0) is 11.2 Å². The zero-order chi connectivity index (χ0) is 11.8. The molecule has 0 N–H and O–H groups in total. The SMILES string of the molecule is CC(C)(C)C(=O)Cc1csc2ccccc12. The van der Waals surface area contributed by atoms with Crippen molar-refractivity contribution in [1.82, 2.24) is 0 Å². The van der Waals surface area contributed by atoms with E-state index < -0.39 is 0 Å². The molecule has 0 atom stereocenters. The summed E-state index contributed by atoms with van der Waals surface area (Å²) in [6, 6.07) is 8.26. The van der Waals surface area contributed by atoms with Crippen molar-refractivity contribution in [3.8, 4) is 0 Å². The van der Waals surface area contributed by atoms with E-state index in [9.17, 15) is 4.79 Å². The fourth-order valence-electron chi connectivity index (χ4n) is 1.61. The van der Waals surface area contributed by atoms with Crippen molar-refractivity contribution < 1.29 is 4.79 Å². The molecule has 1 heterocycles. The van der Waals surface area contributed by atoms with Gasteiger partial charge in [-0.3, -0.25) is 4.79 Å². The monoisotopic (exact) mass is 232 g/mol. The molecule has 0 amide bonds. The van der Waals surface area contributed by atoms with Gasteiger partial charge in [0, 0.05) is 16.5 Å². The van der Waals surface area contributed by atoms with Crippen LogP contribution in [0.3, 0.4) is 0 Å². The molecular formula is C14H16OS. The van der Waals surface area contributed by atoms with E-state index in [-0.39, 0.29) is 5.41 Å². The molecule has 2 aromatic rings. The summed E-state index contributed by atoms with van der Waals surface area (Å²) in [4.78, 5) is 12.0. The second-order valence-electron chi connectivity index (χ2n) is 5.11. The van der Waals surface area contributed by atoms with Gasteiger partial charge in [-0.2, -0.15) is 0 Å². The molecule has 0 radical (unpaired) electrons. The molecule has 1 nitrogen and oxygen atoms in total. The first kappa shape index (κ1) is 11.3. The lowest BCUT2D eigenvalue weighted by atomic mass is 9.87. The Kier molecular flexibility index (Phi) is 2.85. The van der Waals surface area contributed by atoms with Gasteiger partial charge in [0.1, 0.15) is 5.78 Å². The highest BCUT2D eigenvalue weighted by Gasteiger charge is 2.22. The van der Waals surface area contributed by atoms with Crippen LogP contribution >= 0.6 is 11.3 Å². The van der Waals surface area contributed by atoms with Crippen molar-refractivity contribution >= 4 is 27.2 Å². The second kappa shape index (κ2) is 4.02. The molecule has 2 rings (SSSR count). The largest absolute Gasteiger partial charge is 0.299 e. The van der Waals surface area contributed by atoms with Crippen molar-refractivity contribution in [2.75, 3.05) is 0 Å². The molecule has 0 saturated carbocycles. The van der Waals surface area contributed by atoms with Crippen molar-refractivity contribution in [2.45, 2.75) is 27.2 Å². The molecule has 0 aliphatic rings. The third kappa shape index (κ3) is 2.17. The van der Waals surface area contributed by atoms with Gasteiger partial charge in [-0.25, -0.2) is 0 Å². The number of benzene rings is 1. The summed E-state index contributed by atoms with van der Waals surface area (Å²) in [6.45, 7) is 5.93. The molecule has 0 unspecified atom stereocenters. The number of hydrogen-bond acceptors (Lipinski definition) is 2. The highest BCUT2D eigenvalue weighted by atomic mass is 32.1. The van der Waals surface area contributed by atoms with Crippen LogP contribution in [0.5, 0.6) is 0 Å². The van der Waals surface area contributed by atoms with Crippen molar-refractivity contribution in [2.24, 2.45) is 5.41 Å². The first-order valence-electron chi connectivity index (χ1n) is 5.47. The van der Waals surface area contributed by atoms with Gasteiger partial charge in [-0.1, -0.05) is 39.0 Å². The molecule has 2 heteroatoms. The summed E-state index contributed by atoms with van der Waals surface area (Å²) in [5.74, 6) is 0.302. The lowest BCUT2D eigenvalue weighted by Gasteiger charge is -2.15. The molecular weight excluding hydrogens is 216 g/mol. The first-order valence-corrected chi connectivity index (χ1v) is 6.35. The minimum absolute atomic E-state index is 0.247. The van der Waals surface area contributed by atoms with Gasteiger partial charge in [0.05, 0.1) is 0 Å². The van der Waals surface area contributed by atoms with Crippen LogP contribution in [0.15, 0.2) is 29.6 Å². The number of fused-ring (bicyclic) bond motifs is 1. The Bertz CT molecular complexity index is 517. The Labute approximate surface area is 100 Å². The lowest BCUT2D eigenvalue weighted by Crippen LogP contribution is -2.21. The van der Waals surface area contributed by atoms with E-state index in [2.05, 4.69) is 17.5 Å². The summed E-state index contributed by atoms with van der Waals surface area (Å²) in [7, 11) is 0.